The summed E-state index contributed by atoms with van der Waals surface area (Å²) in [5, 5.41) is 14.0. The lowest BCUT2D eigenvalue weighted by atomic mass is 10.0. The number of amides is 2. The molecule has 1 aromatic heterocycles. The van der Waals surface area contributed by atoms with Crippen LogP contribution in [-0.4, -0.2) is 48.0 Å². The summed E-state index contributed by atoms with van der Waals surface area (Å²) >= 11 is 6.49. The second kappa shape index (κ2) is 11.4. The Morgan fingerprint density at radius 1 is 1.08 bits per heavy atom. The van der Waals surface area contributed by atoms with Crippen molar-refractivity contribution in [3.8, 4) is 11.5 Å². The highest BCUT2D eigenvalue weighted by Gasteiger charge is 2.27. The number of carbonyl (C=O) groups is 2. The highest BCUT2D eigenvalue weighted by molar-refractivity contribution is 6.35. The summed E-state index contributed by atoms with van der Waals surface area (Å²) in [4.78, 5) is 28.7. The number of para-hydroxylation sites is 1. The first-order valence-electron chi connectivity index (χ1n) is 12.7. The normalized spacial score (nSPS) is 12.9. The van der Waals surface area contributed by atoms with Crippen molar-refractivity contribution in [1.82, 2.24) is 9.88 Å². The molecule has 2 heterocycles. The highest BCUT2D eigenvalue weighted by Crippen LogP contribution is 2.35. The van der Waals surface area contributed by atoms with Crippen LogP contribution >= 0.6 is 11.6 Å². The fraction of sp³-hybridized carbons (Fsp3) is 0.267. The van der Waals surface area contributed by atoms with Crippen LogP contribution in [0, 0.1) is 6.92 Å². The molecule has 1 aliphatic rings. The third-order valence-corrected chi connectivity index (χ3v) is 7.38. The Hall–Kier alpha value is -4.01. The third kappa shape index (κ3) is 5.44. The molecule has 4 aromatic rings. The molecule has 0 aliphatic carbocycles. The minimum atomic E-state index is -0.801. The molecule has 5 rings (SSSR count). The van der Waals surface area contributed by atoms with Gasteiger partial charge in [0, 0.05) is 42.8 Å². The summed E-state index contributed by atoms with van der Waals surface area (Å²) in [7, 11) is 1.68. The predicted octanol–water partition coefficient (Wildman–Crippen LogP) is 4.26. The maximum Gasteiger partial charge on any atom is 0.249 e. The van der Waals surface area contributed by atoms with Crippen LogP contribution in [0.2, 0.25) is 5.02 Å². The van der Waals surface area contributed by atoms with E-state index in [2.05, 4.69) is 5.32 Å². The van der Waals surface area contributed by atoms with Gasteiger partial charge < -0.3 is 29.4 Å². The number of rotatable bonds is 9. The van der Waals surface area contributed by atoms with Gasteiger partial charge in [0.05, 0.1) is 23.6 Å². The number of aliphatic hydroxyl groups is 1. The Bertz CT molecular complexity index is 1520. The summed E-state index contributed by atoms with van der Waals surface area (Å²) in [5.74, 6) is 0.664. The molecule has 2 N–H and O–H groups in total. The molecule has 1 aliphatic heterocycles. The van der Waals surface area contributed by atoms with E-state index in [9.17, 15) is 14.7 Å². The molecule has 39 heavy (non-hydrogen) atoms. The van der Waals surface area contributed by atoms with Gasteiger partial charge in [0.15, 0.2) is 11.5 Å². The molecule has 1 atom stereocenters. The average Bonchev–Trinajstić information content (AvgIpc) is 3.51. The van der Waals surface area contributed by atoms with Crippen molar-refractivity contribution in [2.45, 2.75) is 32.4 Å². The molecule has 0 spiro atoms. The number of carbonyl (C=O) groups excluding carboxylic acids is 2. The number of anilines is 1. The Labute approximate surface area is 231 Å². The second-order valence-corrected chi connectivity index (χ2v) is 9.90. The largest absolute Gasteiger partial charge is 0.454 e. The lowest BCUT2D eigenvalue weighted by molar-refractivity contribution is -0.127. The molecule has 0 fully saturated rings. The minimum Gasteiger partial charge on any atom is -0.454 e. The monoisotopic (exact) mass is 547 g/mol. The van der Waals surface area contributed by atoms with Crippen LogP contribution in [0.1, 0.15) is 16.8 Å². The van der Waals surface area contributed by atoms with Crippen molar-refractivity contribution in [2.75, 3.05) is 25.3 Å². The van der Waals surface area contributed by atoms with Gasteiger partial charge in [-0.3, -0.25) is 9.59 Å². The molecule has 0 saturated heterocycles. The van der Waals surface area contributed by atoms with Crippen LogP contribution in [0.15, 0.2) is 66.7 Å². The topological polar surface area (TPSA) is 93.0 Å². The maximum absolute atomic E-state index is 13.7. The van der Waals surface area contributed by atoms with Crippen LogP contribution in [0.25, 0.3) is 10.9 Å². The Morgan fingerprint density at radius 3 is 2.62 bits per heavy atom. The average molecular weight is 548 g/mol. The first-order valence-corrected chi connectivity index (χ1v) is 13.1. The van der Waals surface area contributed by atoms with Gasteiger partial charge in [0.2, 0.25) is 18.6 Å². The smallest absolute Gasteiger partial charge is 0.249 e. The van der Waals surface area contributed by atoms with E-state index >= 15 is 0 Å². The van der Waals surface area contributed by atoms with Gasteiger partial charge in [-0.1, -0.05) is 54.1 Å². The van der Waals surface area contributed by atoms with Crippen molar-refractivity contribution in [1.29, 1.82) is 0 Å². The molecule has 0 saturated carbocycles. The standard InChI is InChI=1S/C30H30ClN3O5/c1-19-23(22-9-6-10-24(31)29(22)34(19)13-14-35)17-28(36)32-25(15-20-7-4-3-5-8-20)30(37)33(2)21-11-12-26-27(16-21)39-18-38-26/h3-12,16,25,35H,13-15,17-18H2,1-2H3,(H,32,36)/t25-/m0/s1. The molecule has 0 bridgehead atoms. The lowest BCUT2D eigenvalue weighted by Gasteiger charge is -2.25. The SMILES string of the molecule is Cc1c(CC(=O)N[C@@H](Cc2ccccc2)C(=O)N(C)c2ccc3c(c2)OCO3)c2cccc(Cl)c2n1CCO. The molecule has 2 amide bonds. The number of fused-ring (bicyclic) bond motifs is 2. The maximum atomic E-state index is 13.7. The number of halogens is 1. The van der Waals surface area contributed by atoms with Crippen LogP contribution in [-0.2, 0) is 29.0 Å². The quantitative estimate of drug-likeness (QED) is 0.327. The molecule has 9 heteroatoms. The molecule has 202 valence electrons. The van der Waals surface area contributed by atoms with E-state index in [0.717, 1.165) is 27.7 Å². The first-order chi connectivity index (χ1) is 18.9. The Balaban J connectivity index is 1.41. The van der Waals surface area contributed by atoms with E-state index in [0.29, 0.717) is 35.2 Å². The molecule has 3 aromatic carbocycles. The zero-order chi connectivity index (χ0) is 27.5. The van der Waals surface area contributed by atoms with Gasteiger partial charge in [-0.25, -0.2) is 0 Å². The fourth-order valence-electron chi connectivity index (χ4n) is 5.07. The number of nitrogens with one attached hydrogen (secondary N) is 1. The summed E-state index contributed by atoms with van der Waals surface area (Å²) in [5.41, 5.74) is 4.01. The fourth-order valence-corrected chi connectivity index (χ4v) is 5.35. The predicted molar refractivity (Wildman–Crippen MR) is 151 cm³/mol. The van der Waals surface area contributed by atoms with Crippen molar-refractivity contribution < 1.29 is 24.2 Å². The third-order valence-electron chi connectivity index (χ3n) is 7.07. The van der Waals surface area contributed by atoms with Crippen LogP contribution < -0.4 is 19.7 Å². The van der Waals surface area contributed by atoms with Crippen LogP contribution in [0.5, 0.6) is 11.5 Å². The van der Waals surface area contributed by atoms with Gasteiger partial charge >= 0.3 is 0 Å². The van der Waals surface area contributed by atoms with Gasteiger partial charge in [-0.05, 0) is 36.2 Å². The van der Waals surface area contributed by atoms with E-state index in [4.69, 9.17) is 21.1 Å². The van der Waals surface area contributed by atoms with Crippen molar-refractivity contribution in [3.63, 3.8) is 0 Å². The summed E-state index contributed by atoms with van der Waals surface area (Å²) in [6.07, 6.45) is 0.394. The summed E-state index contributed by atoms with van der Waals surface area (Å²) < 4.78 is 12.8. The molecule has 8 nitrogen and oxygen atoms in total. The Morgan fingerprint density at radius 2 is 1.85 bits per heavy atom. The van der Waals surface area contributed by atoms with Gasteiger partial charge in [0.1, 0.15) is 6.04 Å². The van der Waals surface area contributed by atoms with E-state index in [-0.39, 0.29) is 31.6 Å². The zero-order valence-corrected chi connectivity index (χ0v) is 22.6. The summed E-state index contributed by atoms with van der Waals surface area (Å²) in [6.45, 7) is 2.36. The highest BCUT2D eigenvalue weighted by atomic mass is 35.5. The molecule has 0 unspecified atom stereocenters. The zero-order valence-electron chi connectivity index (χ0n) is 21.8. The van der Waals surface area contributed by atoms with Gasteiger partial charge in [0.25, 0.3) is 0 Å². The van der Waals surface area contributed by atoms with Gasteiger partial charge in [-0.15, -0.1) is 0 Å². The number of benzene rings is 3. The number of hydrogen-bond donors (Lipinski definition) is 2. The van der Waals surface area contributed by atoms with Gasteiger partial charge in [-0.2, -0.15) is 0 Å². The summed E-state index contributed by atoms with van der Waals surface area (Å²) in [6, 6.07) is 19.7. The van der Waals surface area contributed by atoms with E-state index in [1.165, 1.54) is 4.90 Å². The van der Waals surface area contributed by atoms with E-state index < -0.39 is 6.04 Å². The first kappa shape index (κ1) is 26.6. The molecular formula is C30H30ClN3O5. The lowest BCUT2D eigenvalue weighted by Crippen LogP contribution is -2.49. The molecule has 0 radical (unpaired) electrons. The number of hydrogen-bond acceptors (Lipinski definition) is 5. The number of ether oxygens (including phenoxy) is 2. The van der Waals surface area contributed by atoms with Crippen LogP contribution in [0.3, 0.4) is 0 Å². The number of nitrogens with zero attached hydrogens (tertiary/aromatic N) is 2. The van der Waals surface area contributed by atoms with Crippen LogP contribution in [0.4, 0.5) is 5.69 Å². The Kier molecular flexibility index (Phi) is 7.77. The van der Waals surface area contributed by atoms with E-state index in [1.54, 1.807) is 31.3 Å². The van der Waals surface area contributed by atoms with Crippen molar-refractivity contribution >= 4 is 40.0 Å². The second-order valence-electron chi connectivity index (χ2n) is 9.50. The minimum absolute atomic E-state index is 0.0542. The molecular weight excluding hydrogens is 518 g/mol. The van der Waals surface area contributed by atoms with Crippen molar-refractivity contribution in [2.24, 2.45) is 0 Å². The number of aliphatic hydroxyl groups excluding tert-OH is 1. The van der Waals surface area contributed by atoms with E-state index in [1.807, 2.05) is 54.0 Å². The number of aromatic nitrogens is 1. The number of likely N-dealkylation sites (N-methyl/N-ethyl adjacent to an activating group) is 1. The van der Waals surface area contributed by atoms with Crippen molar-refractivity contribution in [3.05, 3.63) is 88.6 Å².